The van der Waals surface area contributed by atoms with Gasteiger partial charge in [-0.15, -0.1) is 0 Å². The zero-order chi connectivity index (χ0) is 15.8. The van der Waals surface area contributed by atoms with Gasteiger partial charge in [0, 0.05) is 6.54 Å². The first-order valence-corrected chi connectivity index (χ1v) is 8.63. The maximum absolute atomic E-state index is 12.5. The van der Waals surface area contributed by atoms with E-state index in [-0.39, 0.29) is 29.8 Å². The molecule has 0 aromatic heterocycles. The molecule has 0 bridgehead atoms. The summed E-state index contributed by atoms with van der Waals surface area (Å²) in [7, 11) is 0. The molecular weight excluding hydrogens is 264 g/mol. The first-order valence-electron chi connectivity index (χ1n) is 8.63. The average molecular weight is 296 g/mol. The minimum Gasteiger partial charge on any atom is -0.343 e. The van der Waals surface area contributed by atoms with E-state index < -0.39 is 0 Å². The van der Waals surface area contributed by atoms with E-state index in [4.69, 9.17) is 0 Å². The van der Waals surface area contributed by atoms with Gasteiger partial charge < -0.3 is 10.2 Å². The number of carbonyl (C=O) groups excluding carboxylic acids is 2. The van der Waals surface area contributed by atoms with E-state index in [0.717, 1.165) is 19.4 Å². The van der Waals surface area contributed by atoms with Crippen LogP contribution in [0.4, 0.5) is 0 Å². The summed E-state index contributed by atoms with van der Waals surface area (Å²) in [6.45, 7) is 8.90. The minimum atomic E-state index is -0.326. The van der Waals surface area contributed by atoms with Crippen molar-refractivity contribution in [3.05, 3.63) is 0 Å². The molecule has 1 aliphatic heterocycles. The lowest BCUT2D eigenvalue weighted by Gasteiger charge is -2.40. The molecule has 1 rings (SSSR count). The number of piperazine rings is 1. The van der Waals surface area contributed by atoms with Gasteiger partial charge in [-0.05, 0) is 18.8 Å². The topological polar surface area (TPSA) is 49.4 Å². The Morgan fingerprint density at radius 2 is 1.67 bits per heavy atom. The van der Waals surface area contributed by atoms with Gasteiger partial charge in [0.2, 0.25) is 11.8 Å². The Kier molecular flexibility index (Phi) is 7.76. The van der Waals surface area contributed by atoms with E-state index in [2.05, 4.69) is 12.2 Å². The van der Waals surface area contributed by atoms with Crippen molar-refractivity contribution in [3.63, 3.8) is 0 Å². The summed E-state index contributed by atoms with van der Waals surface area (Å²) >= 11 is 0. The molecule has 122 valence electrons. The fourth-order valence-corrected chi connectivity index (χ4v) is 3.05. The van der Waals surface area contributed by atoms with Crippen molar-refractivity contribution in [2.45, 2.75) is 84.7 Å². The third kappa shape index (κ3) is 5.01. The summed E-state index contributed by atoms with van der Waals surface area (Å²) < 4.78 is 0. The summed E-state index contributed by atoms with van der Waals surface area (Å²) in [5, 5.41) is 2.87. The predicted molar refractivity (Wildman–Crippen MR) is 85.9 cm³/mol. The highest BCUT2D eigenvalue weighted by Crippen LogP contribution is 2.19. The summed E-state index contributed by atoms with van der Waals surface area (Å²) in [5.41, 5.74) is 0. The monoisotopic (exact) mass is 296 g/mol. The first kappa shape index (κ1) is 18.0. The zero-order valence-electron chi connectivity index (χ0n) is 14.2. The Balaban J connectivity index is 2.55. The van der Waals surface area contributed by atoms with Crippen LogP contribution in [0.15, 0.2) is 0 Å². The van der Waals surface area contributed by atoms with Crippen molar-refractivity contribution in [1.82, 2.24) is 10.2 Å². The molecule has 1 N–H and O–H groups in total. The second kappa shape index (κ2) is 9.06. The molecule has 0 aliphatic carbocycles. The van der Waals surface area contributed by atoms with Crippen molar-refractivity contribution < 1.29 is 9.59 Å². The summed E-state index contributed by atoms with van der Waals surface area (Å²) in [4.78, 5) is 26.6. The van der Waals surface area contributed by atoms with Crippen molar-refractivity contribution in [2.75, 3.05) is 6.54 Å². The molecule has 2 atom stereocenters. The second-order valence-corrected chi connectivity index (χ2v) is 6.46. The van der Waals surface area contributed by atoms with Gasteiger partial charge in [0.1, 0.15) is 12.1 Å². The molecule has 4 heteroatoms. The first-order chi connectivity index (χ1) is 10.0. The van der Waals surface area contributed by atoms with Gasteiger partial charge in [-0.25, -0.2) is 0 Å². The number of rotatable bonds is 9. The fraction of sp³-hybridized carbons (Fsp3) is 0.882. The van der Waals surface area contributed by atoms with Gasteiger partial charge >= 0.3 is 0 Å². The highest BCUT2D eigenvalue weighted by Gasteiger charge is 2.40. The molecule has 0 spiro atoms. The van der Waals surface area contributed by atoms with Crippen LogP contribution in [0.1, 0.15) is 72.6 Å². The lowest BCUT2D eigenvalue weighted by atomic mass is 9.95. The molecule has 1 saturated heterocycles. The normalized spacial score (nSPS) is 22.8. The van der Waals surface area contributed by atoms with E-state index in [1.807, 2.05) is 25.7 Å². The number of hydrogen-bond donors (Lipinski definition) is 1. The van der Waals surface area contributed by atoms with Crippen molar-refractivity contribution in [2.24, 2.45) is 5.92 Å². The van der Waals surface area contributed by atoms with Gasteiger partial charge in [-0.3, -0.25) is 9.59 Å². The minimum absolute atomic E-state index is 0.0161. The zero-order valence-corrected chi connectivity index (χ0v) is 14.2. The van der Waals surface area contributed by atoms with Crippen LogP contribution in [0, 0.1) is 5.92 Å². The lowest BCUT2D eigenvalue weighted by Crippen LogP contribution is -2.64. The number of nitrogens with zero attached hydrogens (tertiary/aromatic N) is 1. The molecule has 1 fully saturated rings. The van der Waals surface area contributed by atoms with Gasteiger partial charge in [0.25, 0.3) is 0 Å². The van der Waals surface area contributed by atoms with Crippen LogP contribution in [0.3, 0.4) is 0 Å². The van der Waals surface area contributed by atoms with Gasteiger partial charge in [0.15, 0.2) is 0 Å². The van der Waals surface area contributed by atoms with E-state index in [1.54, 1.807) is 0 Å². The van der Waals surface area contributed by atoms with Gasteiger partial charge in [-0.2, -0.15) is 0 Å². The van der Waals surface area contributed by atoms with E-state index in [1.165, 1.54) is 25.7 Å². The molecule has 2 unspecified atom stereocenters. The maximum atomic E-state index is 12.5. The maximum Gasteiger partial charge on any atom is 0.245 e. The number of nitrogens with one attached hydrogen (secondary N) is 1. The number of hydrogen-bond acceptors (Lipinski definition) is 2. The Hall–Kier alpha value is -1.06. The second-order valence-electron chi connectivity index (χ2n) is 6.46. The van der Waals surface area contributed by atoms with E-state index >= 15 is 0 Å². The molecule has 0 aromatic rings. The molecule has 2 amide bonds. The number of carbonyl (C=O) groups is 2. The van der Waals surface area contributed by atoms with Crippen LogP contribution in [-0.4, -0.2) is 35.3 Å². The quantitative estimate of drug-likeness (QED) is 0.665. The molecule has 0 saturated carbocycles. The third-order valence-corrected chi connectivity index (χ3v) is 4.29. The Morgan fingerprint density at radius 3 is 2.24 bits per heavy atom. The van der Waals surface area contributed by atoms with Crippen molar-refractivity contribution in [1.29, 1.82) is 0 Å². The van der Waals surface area contributed by atoms with Crippen LogP contribution < -0.4 is 5.32 Å². The van der Waals surface area contributed by atoms with Crippen LogP contribution in [0.25, 0.3) is 0 Å². The molecule has 0 aromatic carbocycles. The number of amides is 2. The molecule has 21 heavy (non-hydrogen) atoms. The molecule has 1 heterocycles. The van der Waals surface area contributed by atoms with E-state index in [0.29, 0.717) is 6.42 Å². The van der Waals surface area contributed by atoms with Crippen LogP contribution in [0.5, 0.6) is 0 Å². The van der Waals surface area contributed by atoms with Crippen molar-refractivity contribution >= 4 is 11.8 Å². The lowest BCUT2D eigenvalue weighted by molar-refractivity contribution is -0.151. The summed E-state index contributed by atoms with van der Waals surface area (Å²) in [6.07, 6.45) is 7.86. The van der Waals surface area contributed by atoms with Gasteiger partial charge in [0.05, 0.1) is 0 Å². The van der Waals surface area contributed by atoms with Crippen molar-refractivity contribution in [3.8, 4) is 0 Å². The predicted octanol–water partition coefficient (Wildman–Crippen LogP) is 3.11. The fourth-order valence-electron chi connectivity index (χ4n) is 3.05. The van der Waals surface area contributed by atoms with Crippen LogP contribution >= 0.6 is 0 Å². The number of unbranched alkanes of at least 4 members (excludes halogenated alkanes) is 5. The third-order valence-electron chi connectivity index (χ3n) is 4.29. The molecule has 1 aliphatic rings. The Morgan fingerprint density at radius 1 is 1.05 bits per heavy atom. The highest BCUT2D eigenvalue weighted by molar-refractivity contribution is 5.97. The van der Waals surface area contributed by atoms with E-state index in [9.17, 15) is 9.59 Å². The highest BCUT2D eigenvalue weighted by atomic mass is 16.2. The standard InChI is InChI=1S/C17H32N2O2/c1-5-7-8-9-10-11-12-19-15(13(3)4)16(20)18-14(6-2)17(19)21/h13-15H,5-12H2,1-4H3,(H,18,20). The smallest absolute Gasteiger partial charge is 0.245 e. The van der Waals surface area contributed by atoms with Gasteiger partial charge in [-0.1, -0.05) is 59.8 Å². The Bertz CT molecular complexity index is 342. The Labute approximate surface area is 129 Å². The molecular formula is C17H32N2O2. The average Bonchev–Trinajstić information content (AvgIpc) is 2.45. The summed E-state index contributed by atoms with van der Waals surface area (Å²) in [6, 6.07) is -0.622. The largest absolute Gasteiger partial charge is 0.343 e. The molecule has 0 radical (unpaired) electrons. The SMILES string of the molecule is CCCCCCCCN1C(=O)C(CC)NC(=O)C1C(C)C. The summed E-state index contributed by atoms with van der Waals surface area (Å²) in [5.74, 6) is 0.277. The van der Waals surface area contributed by atoms with Crippen LogP contribution in [0.2, 0.25) is 0 Å². The van der Waals surface area contributed by atoms with Crippen LogP contribution in [-0.2, 0) is 9.59 Å². The molecule has 4 nitrogen and oxygen atoms in total.